The van der Waals surface area contributed by atoms with Crippen molar-refractivity contribution in [3.05, 3.63) is 66.0 Å². The number of nitrogens with zero attached hydrogens (tertiary/aromatic N) is 4. The molecule has 13 nitrogen and oxygen atoms in total. The fourth-order valence-corrected chi connectivity index (χ4v) is 4.80. The molecule has 13 heteroatoms. The molecule has 214 valence electrons. The van der Waals surface area contributed by atoms with Gasteiger partial charge in [-0.1, -0.05) is 30.3 Å². The SMILES string of the molecule is CC(=O)NC1=NC2=NC[C@H]([C@H](OC(C)=O)C(C)OC(C)=O)N(C(=O)c3ccc[n+](Cc4ccccc4)c3)C2C(=O)N1. The maximum absolute atomic E-state index is 14.2. The number of rotatable bonds is 7. The number of ether oxygens (including phenoxy) is 2. The molecule has 0 spiro atoms. The van der Waals surface area contributed by atoms with Gasteiger partial charge in [-0.05, 0) is 13.0 Å². The molecule has 3 amide bonds. The minimum atomic E-state index is -1.32. The van der Waals surface area contributed by atoms with Crippen LogP contribution in [0.25, 0.3) is 0 Å². The van der Waals surface area contributed by atoms with Crippen molar-refractivity contribution in [2.24, 2.45) is 9.98 Å². The first kappa shape index (κ1) is 29.1. The zero-order valence-corrected chi connectivity index (χ0v) is 23.1. The summed E-state index contributed by atoms with van der Waals surface area (Å²) in [6.45, 7) is 5.56. The molecular weight excluding hydrogens is 532 g/mol. The molecule has 4 rings (SSSR count). The summed E-state index contributed by atoms with van der Waals surface area (Å²) in [7, 11) is 0. The van der Waals surface area contributed by atoms with E-state index in [1.807, 2.05) is 41.1 Å². The van der Waals surface area contributed by atoms with Gasteiger partial charge in [-0.3, -0.25) is 39.6 Å². The molecule has 0 saturated heterocycles. The highest BCUT2D eigenvalue weighted by Gasteiger charge is 2.49. The van der Waals surface area contributed by atoms with E-state index in [0.29, 0.717) is 6.54 Å². The monoisotopic (exact) mass is 563 g/mol. The molecule has 0 fully saturated rings. The quantitative estimate of drug-likeness (QED) is 0.357. The number of benzene rings is 1. The molecule has 0 saturated carbocycles. The topological polar surface area (TPSA) is 160 Å². The van der Waals surface area contributed by atoms with Crippen molar-refractivity contribution in [3.63, 3.8) is 0 Å². The van der Waals surface area contributed by atoms with E-state index in [0.717, 1.165) is 5.56 Å². The van der Waals surface area contributed by atoms with Crippen molar-refractivity contribution in [3.8, 4) is 0 Å². The second-order valence-electron chi connectivity index (χ2n) is 9.65. The number of amides is 3. The fourth-order valence-electron chi connectivity index (χ4n) is 4.80. The minimum Gasteiger partial charge on any atom is -0.459 e. The second kappa shape index (κ2) is 12.5. The van der Waals surface area contributed by atoms with Gasteiger partial charge in [-0.15, -0.1) is 0 Å². The van der Waals surface area contributed by atoms with E-state index in [9.17, 15) is 24.0 Å². The molecule has 1 aromatic carbocycles. The van der Waals surface area contributed by atoms with Gasteiger partial charge in [-0.2, -0.15) is 9.56 Å². The van der Waals surface area contributed by atoms with Crippen LogP contribution in [0.2, 0.25) is 0 Å². The molecule has 2 aromatic rings. The van der Waals surface area contributed by atoms with Crippen LogP contribution in [0.15, 0.2) is 64.8 Å². The maximum Gasteiger partial charge on any atom is 0.303 e. The first-order valence-corrected chi connectivity index (χ1v) is 12.9. The van der Waals surface area contributed by atoms with E-state index >= 15 is 0 Å². The highest BCUT2D eigenvalue weighted by molar-refractivity contribution is 6.23. The van der Waals surface area contributed by atoms with Crippen molar-refractivity contribution >= 4 is 41.5 Å². The Labute approximate surface area is 236 Å². The number of pyridine rings is 1. The van der Waals surface area contributed by atoms with Crippen LogP contribution in [0.4, 0.5) is 0 Å². The van der Waals surface area contributed by atoms with Gasteiger partial charge in [0.05, 0.1) is 12.6 Å². The number of aromatic nitrogens is 1. The molecular formula is C28H31N6O7+. The molecule has 2 aliphatic rings. The van der Waals surface area contributed by atoms with Gasteiger partial charge in [0.25, 0.3) is 11.8 Å². The molecule has 2 N–H and O–H groups in total. The molecule has 1 aromatic heterocycles. The van der Waals surface area contributed by atoms with Crippen molar-refractivity contribution in [2.75, 3.05) is 6.54 Å². The van der Waals surface area contributed by atoms with E-state index in [1.165, 1.54) is 32.6 Å². The number of nitrogens with one attached hydrogen (secondary N) is 2. The molecule has 3 heterocycles. The predicted octanol–water partition coefficient (Wildman–Crippen LogP) is 0.119. The third-order valence-corrected chi connectivity index (χ3v) is 6.37. The molecule has 2 aliphatic heterocycles. The number of aliphatic imine (C=N–C) groups is 2. The average molecular weight is 564 g/mol. The van der Waals surface area contributed by atoms with E-state index < -0.39 is 54.0 Å². The van der Waals surface area contributed by atoms with Crippen LogP contribution in [-0.2, 0) is 35.2 Å². The smallest absolute Gasteiger partial charge is 0.303 e. The van der Waals surface area contributed by atoms with Gasteiger partial charge in [0.1, 0.15) is 11.7 Å². The number of guanidine groups is 1. The van der Waals surface area contributed by atoms with Crippen LogP contribution in [0.5, 0.6) is 0 Å². The Balaban J connectivity index is 1.77. The average Bonchev–Trinajstić information content (AvgIpc) is 2.90. The number of amidine groups is 1. The van der Waals surface area contributed by atoms with Gasteiger partial charge in [0.2, 0.25) is 11.9 Å². The Morgan fingerprint density at radius 1 is 1.07 bits per heavy atom. The summed E-state index contributed by atoms with van der Waals surface area (Å²) in [5.41, 5.74) is 1.27. The van der Waals surface area contributed by atoms with Crippen LogP contribution in [0.3, 0.4) is 0 Å². The lowest BCUT2D eigenvalue weighted by atomic mass is 9.97. The van der Waals surface area contributed by atoms with E-state index in [4.69, 9.17) is 9.47 Å². The lowest BCUT2D eigenvalue weighted by Gasteiger charge is -2.44. The van der Waals surface area contributed by atoms with Crippen molar-refractivity contribution in [1.82, 2.24) is 15.5 Å². The first-order chi connectivity index (χ1) is 19.5. The number of esters is 2. The molecule has 4 atom stereocenters. The second-order valence-corrected chi connectivity index (χ2v) is 9.65. The highest BCUT2D eigenvalue weighted by atomic mass is 16.6. The highest BCUT2D eigenvalue weighted by Crippen LogP contribution is 2.26. The summed E-state index contributed by atoms with van der Waals surface area (Å²) in [5.74, 6) is -3.09. The van der Waals surface area contributed by atoms with Crippen LogP contribution < -0.4 is 15.2 Å². The fraction of sp³-hybridized carbons (Fsp3) is 0.357. The van der Waals surface area contributed by atoms with Crippen LogP contribution in [0.1, 0.15) is 43.6 Å². The predicted molar refractivity (Wildman–Crippen MR) is 144 cm³/mol. The summed E-state index contributed by atoms with van der Waals surface area (Å²) in [6.07, 6.45) is 1.34. The summed E-state index contributed by atoms with van der Waals surface area (Å²) < 4.78 is 12.7. The Kier molecular flexibility index (Phi) is 8.85. The number of carbonyl (C=O) groups excluding carboxylic acids is 5. The number of fused-ring (bicyclic) bond motifs is 1. The van der Waals surface area contributed by atoms with Crippen LogP contribution in [0, 0.1) is 0 Å². The van der Waals surface area contributed by atoms with Crippen LogP contribution in [-0.4, -0.2) is 77.2 Å². The zero-order chi connectivity index (χ0) is 29.7. The summed E-state index contributed by atoms with van der Waals surface area (Å²) in [6, 6.07) is 10.7. The molecule has 0 aliphatic carbocycles. The maximum atomic E-state index is 14.2. The van der Waals surface area contributed by atoms with Gasteiger partial charge in [0.15, 0.2) is 36.9 Å². The lowest BCUT2D eigenvalue weighted by Crippen LogP contribution is -2.68. The normalized spacial score (nSPS) is 19.4. The Hall–Kier alpha value is -4.94. The van der Waals surface area contributed by atoms with Crippen molar-refractivity contribution < 1.29 is 38.0 Å². The van der Waals surface area contributed by atoms with Gasteiger partial charge in [-0.25, -0.2) is 0 Å². The third kappa shape index (κ3) is 6.99. The van der Waals surface area contributed by atoms with Crippen LogP contribution >= 0.6 is 0 Å². The summed E-state index contributed by atoms with van der Waals surface area (Å²) in [5, 5.41) is 4.91. The molecule has 0 bridgehead atoms. The Morgan fingerprint density at radius 2 is 1.78 bits per heavy atom. The Bertz CT molecular complexity index is 1420. The lowest BCUT2D eigenvalue weighted by molar-refractivity contribution is -0.688. The van der Waals surface area contributed by atoms with E-state index in [2.05, 4.69) is 20.6 Å². The standard InChI is InChI=1S/C28H30N6O7/c1-16(40-18(3)36)24(41-19(4)37)22-13-29-25-23(26(38)32-28(31-25)30-17(2)35)34(22)27(39)21-11-8-12-33(15-21)14-20-9-6-5-7-10-20/h5-12,15-16,22-24H,13-14H2,1-4H3,(H-,29,30,31,32,35,38)/p+1/t16?,22-,23?,24-/m1/s1. The minimum absolute atomic E-state index is 0.00286. The van der Waals surface area contributed by atoms with Gasteiger partial charge >= 0.3 is 11.9 Å². The van der Waals surface area contributed by atoms with Crippen molar-refractivity contribution in [2.45, 2.75) is 58.5 Å². The van der Waals surface area contributed by atoms with Gasteiger partial charge < -0.3 is 14.4 Å². The molecule has 0 radical (unpaired) electrons. The zero-order valence-electron chi connectivity index (χ0n) is 23.1. The van der Waals surface area contributed by atoms with Crippen molar-refractivity contribution in [1.29, 1.82) is 0 Å². The summed E-state index contributed by atoms with van der Waals surface area (Å²) in [4.78, 5) is 73.0. The van der Waals surface area contributed by atoms with E-state index in [1.54, 1.807) is 18.3 Å². The summed E-state index contributed by atoms with van der Waals surface area (Å²) >= 11 is 0. The number of hydrogen-bond donors (Lipinski definition) is 2. The first-order valence-electron chi connectivity index (χ1n) is 12.9. The molecule has 2 unspecified atom stereocenters. The molecule has 41 heavy (non-hydrogen) atoms. The number of hydrogen-bond acceptors (Lipinski definition) is 9. The largest absolute Gasteiger partial charge is 0.459 e. The number of carbonyl (C=O) groups is 5. The third-order valence-electron chi connectivity index (χ3n) is 6.37. The Morgan fingerprint density at radius 3 is 2.44 bits per heavy atom. The van der Waals surface area contributed by atoms with Gasteiger partial charge in [0, 0.05) is 32.4 Å². The van der Waals surface area contributed by atoms with E-state index in [-0.39, 0.29) is 23.9 Å².